The summed E-state index contributed by atoms with van der Waals surface area (Å²) in [6.45, 7) is 7.11. The summed E-state index contributed by atoms with van der Waals surface area (Å²) >= 11 is 3.90. The van der Waals surface area contributed by atoms with Crippen molar-refractivity contribution in [2.24, 2.45) is 11.3 Å². The first-order chi connectivity index (χ1) is 8.93. The Morgan fingerprint density at radius 2 is 1.89 bits per heavy atom. The quantitative estimate of drug-likeness (QED) is 0.613. The summed E-state index contributed by atoms with van der Waals surface area (Å²) in [7, 11) is 0. The average Bonchev–Trinajstić information content (AvgIpc) is 2.51. The Balaban J connectivity index is 2.00. The van der Waals surface area contributed by atoms with E-state index in [0.29, 0.717) is 10.7 Å². The molecule has 2 aliphatic rings. The highest BCUT2D eigenvalue weighted by atomic mass is 79.9. The van der Waals surface area contributed by atoms with Gasteiger partial charge in [0.05, 0.1) is 0 Å². The third-order valence-corrected chi connectivity index (χ3v) is 6.99. The zero-order valence-electron chi connectivity index (χ0n) is 12.1. The van der Waals surface area contributed by atoms with Crippen molar-refractivity contribution >= 4 is 15.9 Å². The molecule has 1 heterocycles. The first-order valence-corrected chi connectivity index (χ1v) is 8.26. The number of fused-ring (bicyclic) bond motifs is 2. The maximum atomic E-state index is 6.51. The Kier molecular flexibility index (Phi) is 3.20. The molecule has 1 aliphatic carbocycles. The maximum absolute atomic E-state index is 6.51. The molecule has 19 heavy (non-hydrogen) atoms. The van der Waals surface area contributed by atoms with Gasteiger partial charge in [0.15, 0.2) is 0 Å². The molecule has 1 aliphatic heterocycles. The second-order valence-corrected chi connectivity index (χ2v) is 8.05. The first kappa shape index (κ1) is 13.5. The number of hydrogen-bond donors (Lipinski definition) is 0. The van der Waals surface area contributed by atoms with Crippen LogP contribution in [-0.4, -0.2) is 10.4 Å². The maximum Gasteiger partial charge on any atom is 0.123 e. The fourth-order valence-corrected chi connectivity index (χ4v) is 4.67. The van der Waals surface area contributed by atoms with Crippen molar-refractivity contribution in [1.29, 1.82) is 0 Å². The lowest BCUT2D eigenvalue weighted by atomic mass is 9.60. The van der Waals surface area contributed by atoms with Crippen molar-refractivity contribution < 1.29 is 4.74 Å². The first-order valence-electron chi connectivity index (χ1n) is 7.34. The van der Waals surface area contributed by atoms with Gasteiger partial charge in [-0.1, -0.05) is 48.0 Å². The van der Waals surface area contributed by atoms with Crippen LogP contribution in [0.3, 0.4) is 0 Å². The number of rotatable bonds is 0. The number of ether oxygens (including phenoxy) is 1. The molecule has 0 bridgehead atoms. The second-order valence-electron chi connectivity index (χ2n) is 6.94. The van der Waals surface area contributed by atoms with Crippen LogP contribution >= 0.6 is 15.9 Å². The van der Waals surface area contributed by atoms with Crippen LogP contribution in [0.1, 0.15) is 45.6 Å². The number of hydrogen-bond acceptors (Lipinski definition) is 1. The van der Waals surface area contributed by atoms with Crippen molar-refractivity contribution in [3.05, 3.63) is 29.8 Å². The molecule has 1 fully saturated rings. The molecule has 0 amide bonds. The Hall–Kier alpha value is -0.500. The van der Waals surface area contributed by atoms with Gasteiger partial charge in [-0.2, -0.15) is 0 Å². The van der Waals surface area contributed by atoms with E-state index in [2.05, 4.69) is 61.0 Å². The molecule has 0 N–H and O–H groups in total. The summed E-state index contributed by atoms with van der Waals surface area (Å²) in [5, 5.41) is 0. The lowest BCUT2D eigenvalue weighted by Crippen LogP contribution is -2.54. The standard InChI is InChI=1S/C17H23BrO/c1-16(2)14-9-8-12-6-4-5-7-13(12)19-17(14,3)11-10-15(16)18/h4-7,14-15H,8-11H2,1-3H3/t14-,15-,17-/m0/s1. The second kappa shape index (κ2) is 4.51. The Labute approximate surface area is 124 Å². The van der Waals surface area contributed by atoms with Crippen molar-refractivity contribution in [3.8, 4) is 5.75 Å². The molecule has 0 spiro atoms. The number of alkyl halides is 1. The number of para-hydroxylation sites is 1. The van der Waals surface area contributed by atoms with Gasteiger partial charge in [0.2, 0.25) is 0 Å². The molecule has 1 saturated carbocycles. The van der Waals surface area contributed by atoms with Gasteiger partial charge < -0.3 is 4.74 Å². The van der Waals surface area contributed by atoms with Gasteiger partial charge in [0.25, 0.3) is 0 Å². The highest BCUT2D eigenvalue weighted by Crippen LogP contribution is 2.54. The van der Waals surface area contributed by atoms with E-state index in [9.17, 15) is 0 Å². The zero-order valence-corrected chi connectivity index (χ0v) is 13.7. The molecular formula is C17H23BrO. The van der Waals surface area contributed by atoms with E-state index >= 15 is 0 Å². The molecule has 0 aromatic heterocycles. The third kappa shape index (κ3) is 2.12. The summed E-state index contributed by atoms with van der Waals surface area (Å²) < 4.78 is 6.51. The van der Waals surface area contributed by atoms with Crippen LogP contribution < -0.4 is 4.74 Å². The van der Waals surface area contributed by atoms with Gasteiger partial charge in [-0.05, 0) is 49.7 Å². The van der Waals surface area contributed by atoms with E-state index in [1.807, 2.05) is 0 Å². The molecule has 3 atom stereocenters. The van der Waals surface area contributed by atoms with Crippen LogP contribution in [0.2, 0.25) is 0 Å². The Bertz CT molecular complexity index is 482. The molecule has 104 valence electrons. The minimum Gasteiger partial charge on any atom is -0.487 e. The van der Waals surface area contributed by atoms with E-state index in [-0.39, 0.29) is 11.0 Å². The lowest BCUT2D eigenvalue weighted by Gasteiger charge is -2.52. The van der Waals surface area contributed by atoms with E-state index in [0.717, 1.165) is 18.6 Å². The zero-order chi connectivity index (χ0) is 13.7. The van der Waals surface area contributed by atoms with Gasteiger partial charge >= 0.3 is 0 Å². The van der Waals surface area contributed by atoms with Gasteiger partial charge in [0, 0.05) is 10.7 Å². The fourth-order valence-electron chi connectivity index (χ4n) is 4.13. The van der Waals surface area contributed by atoms with E-state index in [1.54, 1.807) is 0 Å². The highest BCUT2D eigenvalue weighted by Gasteiger charge is 2.52. The summed E-state index contributed by atoms with van der Waals surface area (Å²) in [4.78, 5) is 0.600. The summed E-state index contributed by atoms with van der Waals surface area (Å²) in [6.07, 6.45) is 4.70. The SMILES string of the molecule is CC1(C)[C@@H](Br)CC[C@]2(C)Oc3ccccc3CC[C@@H]12. The summed E-state index contributed by atoms with van der Waals surface area (Å²) in [5.41, 5.74) is 1.65. The van der Waals surface area contributed by atoms with Crippen molar-refractivity contribution in [3.63, 3.8) is 0 Å². The Morgan fingerprint density at radius 1 is 1.16 bits per heavy atom. The molecule has 1 aromatic rings. The highest BCUT2D eigenvalue weighted by molar-refractivity contribution is 9.09. The van der Waals surface area contributed by atoms with Gasteiger partial charge in [-0.3, -0.25) is 0 Å². The lowest BCUT2D eigenvalue weighted by molar-refractivity contribution is -0.0635. The van der Waals surface area contributed by atoms with Crippen molar-refractivity contribution in [2.45, 2.75) is 56.9 Å². The van der Waals surface area contributed by atoms with E-state index in [4.69, 9.17) is 4.74 Å². The van der Waals surface area contributed by atoms with Crippen molar-refractivity contribution in [2.75, 3.05) is 0 Å². The van der Waals surface area contributed by atoms with Crippen LogP contribution in [0.5, 0.6) is 5.75 Å². The fraction of sp³-hybridized carbons (Fsp3) is 0.647. The van der Waals surface area contributed by atoms with Crippen LogP contribution in [0.25, 0.3) is 0 Å². The Morgan fingerprint density at radius 3 is 2.68 bits per heavy atom. The topological polar surface area (TPSA) is 9.23 Å². The number of aryl methyl sites for hydroxylation is 1. The molecular weight excluding hydrogens is 300 g/mol. The molecule has 0 saturated heterocycles. The normalized spacial score (nSPS) is 36.6. The number of benzene rings is 1. The molecule has 1 aromatic carbocycles. The largest absolute Gasteiger partial charge is 0.487 e. The van der Waals surface area contributed by atoms with Crippen LogP contribution in [0.4, 0.5) is 0 Å². The summed E-state index contributed by atoms with van der Waals surface area (Å²) in [6, 6.07) is 8.56. The van der Waals surface area contributed by atoms with E-state index in [1.165, 1.54) is 18.4 Å². The minimum absolute atomic E-state index is 0.0135. The molecule has 3 rings (SSSR count). The number of halogens is 1. The summed E-state index contributed by atoms with van der Waals surface area (Å²) in [5.74, 6) is 1.71. The van der Waals surface area contributed by atoms with Gasteiger partial charge in [-0.25, -0.2) is 0 Å². The van der Waals surface area contributed by atoms with Crippen LogP contribution in [0, 0.1) is 11.3 Å². The van der Waals surface area contributed by atoms with Gasteiger partial charge in [0.1, 0.15) is 11.4 Å². The molecule has 0 radical (unpaired) electrons. The monoisotopic (exact) mass is 322 g/mol. The van der Waals surface area contributed by atoms with Gasteiger partial charge in [-0.15, -0.1) is 0 Å². The molecule has 0 unspecified atom stereocenters. The van der Waals surface area contributed by atoms with Crippen LogP contribution in [-0.2, 0) is 6.42 Å². The predicted octanol–water partition coefficient (Wildman–Crippen LogP) is 4.97. The van der Waals surface area contributed by atoms with Crippen LogP contribution in [0.15, 0.2) is 24.3 Å². The average molecular weight is 323 g/mol. The van der Waals surface area contributed by atoms with E-state index < -0.39 is 0 Å². The smallest absolute Gasteiger partial charge is 0.123 e. The molecule has 1 nitrogen and oxygen atoms in total. The predicted molar refractivity (Wildman–Crippen MR) is 83.0 cm³/mol. The third-order valence-electron chi connectivity index (χ3n) is 5.35. The minimum atomic E-state index is -0.0135. The van der Waals surface area contributed by atoms with Crippen molar-refractivity contribution in [1.82, 2.24) is 0 Å². The molecule has 2 heteroatoms.